The maximum atomic E-state index is 13.0. The molecule has 1 aliphatic heterocycles. The van der Waals surface area contributed by atoms with E-state index in [1.807, 2.05) is 38.1 Å². The molecule has 1 heterocycles. The highest BCUT2D eigenvalue weighted by molar-refractivity contribution is 5.96. The number of amides is 1. The molecule has 1 aromatic carbocycles. The summed E-state index contributed by atoms with van der Waals surface area (Å²) in [6.45, 7) is 7.52. The molecule has 27 heavy (non-hydrogen) atoms. The van der Waals surface area contributed by atoms with Crippen molar-refractivity contribution in [3.8, 4) is 0 Å². The number of benzene rings is 1. The van der Waals surface area contributed by atoms with Crippen LogP contribution in [0.25, 0.3) is 0 Å². The molecule has 0 radical (unpaired) electrons. The van der Waals surface area contributed by atoms with Crippen molar-refractivity contribution in [1.29, 1.82) is 0 Å². The number of carbonyl (C=O) groups excluding carboxylic acids is 1. The third-order valence-corrected chi connectivity index (χ3v) is 5.62. The van der Waals surface area contributed by atoms with Crippen molar-refractivity contribution < 1.29 is 14.3 Å². The lowest BCUT2D eigenvalue weighted by atomic mass is 9.67. The van der Waals surface area contributed by atoms with E-state index in [9.17, 15) is 4.79 Å². The van der Waals surface area contributed by atoms with E-state index in [0.29, 0.717) is 25.7 Å². The average Bonchev–Trinajstić information content (AvgIpc) is 3.07. The number of fused-ring (bicyclic) bond motifs is 1. The van der Waals surface area contributed by atoms with E-state index in [0.717, 1.165) is 43.6 Å². The van der Waals surface area contributed by atoms with Crippen molar-refractivity contribution in [2.75, 3.05) is 31.6 Å². The van der Waals surface area contributed by atoms with Crippen LogP contribution in [0.15, 0.2) is 24.3 Å². The zero-order valence-corrected chi connectivity index (χ0v) is 17.3. The Bertz CT molecular complexity index is 611. The first kappa shape index (κ1) is 22.2. The van der Waals surface area contributed by atoms with Crippen LogP contribution in [0.3, 0.4) is 0 Å². The molecule has 1 aliphatic carbocycles. The zero-order chi connectivity index (χ0) is 18.4. The molecule has 2 aliphatic rings. The minimum absolute atomic E-state index is 0. The lowest BCUT2D eigenvalue weighted by molar-refractivity contribution is -0.128. The molecule has 6 heteroatoms. The molecule has 2 N–H and O–H groups in total. The van der Waals surface area contributed by atoms with Gasteiger partial charge in [0, 0.05) is 12.2 Å². The molecule has 0 spiro atoms. The van der Waals surface area contributed by atoms with E-state index in [2.05, 4.69) is 10.6 Å². The number of hydrogen-bond acceptors (Lipinski definition) is 4. The Morgan fingerprint density at radius 2 is 2.19 bits per heavy atom. The standard InChI is InChI=1S/C21H32N2O3.ClH/c1-16(2)26-11-10-25-14-17-6-5-8-19(12-17)23-20(24)21-9-4-3-7-18(21)13-22-15-21;/h5-6,8,12,16,18,22H,3-4,7,9-11,13-15H2,1-2H3,(H,23,24);1H/t18-,21+;/m0./s1. The Hall–Kier alpha value is -1.14. The molecule has 5 nitrogen and oxygen atoms in total. The van der Waals surface area contributed by atoms with Crippen LogP contribution in [-0.4, -0.2) is 38.3 Å². The summed E-state index contributed by atoms with van der Waals surface area (Å²) >= 11 is 0. The second-order valence-electron chi connectivity index (χ2n) is 7.86. The number of anilines is 1. The van der Waals surface area contributed by atoms with Gasteiger partial charge in [-0.1, -0.05) is 25.0 Å². The Labute approximate surface area is 169 Å². The molecule has 0 aromatic heterocycles. The van der Waals surface area contributed by atoms with E-state index >= 15 is 0 Å². The second-order valence-corrected chi connectivity index (χ2v) is 7.86. The van der Waals surface area contributed by atoms with E-state index in [1.165, 1.54) is 6.42 Å². The molecule has 3 rings (SSSR count). The Kier molecular flexibility index (Phi) is 8.55. The minimum Gasteiger partial charge on any atom is -0.376 e. The largest absolute Gasteiger partial charge is 0.376 e. The molecule has 1 aromatic rings. The predicted molar refractivity (Wildman–Crippen MR) is 110 cm³/mol. The Morgan fingerprint density at radius 3 is 3.00 bits per heavy atom. The number of rotatable bonds is 8. The van der Waals surface area contributed by atoms with Crippen LogP contribution in [0.2, 0.25) is 0 Å². The van der Waals surface area contributed by atoms with Crippen molar-refractivity contribution in [2.24, 2.45) is 11.3 Å². The summed E-state index contributed by atoms with van der Waals surface area (Å²) in [5.41, 5.74) is 1.70. The van der Waals surface area contributed by atoms with E-state index < -0.39 is 0 Å². The fourth-order valence-electron chi connectivity index (χ4n) is 4.22. The maximum absolute atomic E-state index is 13.0. The highest BCUT2D eigenvalue weighted by Crippen LogP contribution is 2.44. The van der Waals surface area contributed by atoms with Gasteiger partial charge in [0.15, 0.2) is 0 Å². The van der Waals surface area contributed by atoms with E-state index in [-0.39, 0.29) is 29.8 Å². The first-order valence-corrected chi connectivity index (χ1v) is 9.90. The van der Waals surface area contributed by atoms with Gasteiger partial charge in [-0.3, -0.25) is 4.79 Å². The fourth-order valence-corrected chi connectivity index (χ4v) is 4.22. The number of ether oxygens (including phenoxy) is 2. The Morgan fingerprint density at radius 1 is 1.33 bits per heavy atom. The molecule has 2 atom stereocenters. The van der Waals surface area contributed by atoms with Gasteiger partial charge in [0.25, 0.3) is 0 Å². The lowest BCUT2D eigenvalue weighted by Crippen LogP contribution is -2.44. The fraction of sp³-hybridized carbons (Fsp3) is 0.667. The SMILES string of the molecule is CC(C)OCCOCc1cccc(NC(=O)[C@@]23CCCC[C@H]2CNC3)c1.Cl. The van der Waals surface area contributed by atoms with Crippen molar-refractivity contribution in [3.63, 3.8) is 0 Å². The average molecular weight is 397 g/mol. The number of hydrogen-bond donors (Lipinski definition) is 2. The van der Waals surface area contributed by atoms with Crippen molar-refractivity contribution in [2.45, 2.75) is 52.2 Å². The van der Waals surface area contributed by atoms with Gasteiger partial charge in [0.2, 0.25) is 5.91 Å². The van der Waals surface area contributed by atoms with Crippen LogP contribution in [0.1, 0.15) is 45.1 Å². The monoisotopic (exact) mass is 396 g/mol. The predicted octanol–water partition coefficient (Wildman–Crippen LogP) is 3.77. The normalized spacial score (nSPS) is 24.3. The lowest BCUT2D eigenvalue weighted by Gasteiger charge is -2.37. The first-order valence-electron chi connectivity index (χ1n) is 9.90. The van der Waals surface area contributed by atoms with Gasteiger partial charge in [-0.05, 0) is 56.8 Å². The molecule has 1 amide bonds. The minimum atomic E-state index is -0.223. The second kappa shape index (κ2) is 10.4. The zero-order valence-electron chi connectivity index (χ0n) is 16.5. The summed E-state index contributed by atoms with van der Waals surface area (Å²) < 4.78 is 11.1. The molecular weight excluding hydrogens is 364 g/mol. The summed E-state index contributed by atoms with van der Waals surface area (Å²) in [4.78, 5) is 13.0. The van der Waals surface area contributed by atoms with Crippen LogP contribution in [-0.2, 0) is 20.9 Å². The number of carbonyl (C=O) groups is 1. The smallest absolute Gasteiger partial charge is 0.232 e. The van der Waals surface area contributed by atoms with Gasteiger partial charge < -0.3 is 20.1 Å². The van der Waals surface area contributed by atoms with Crippen LogP contribution in [0, 0.1) is 11.3 Å². The van der Waals surface area contributed by atoms with Crippen LogP contribution >= 0.6 is 12.4 Å². The quantitative estimate of drug-likeness (QED) is 0.656. The molecule has 152 valence electrons. The number of nitrogens with one attached hydrogen (secondary N) is 2. The van der Waals surface area contributed by atoms with Gasteiger partial charge in [-0.15, -0.1) is 12.4 Å². The molecule has 0 unspecified atom stereocenters. The highest BCUT2D eigenvalue weighted by Gasteiger charge is 2.49. The van der Waals surface area contributed by atoms with E-state index in [1.54, 1.807) is 0 Å². The van der Waals surface area contributed by atoms with Gasteiger partial charge >= 0.3 is 0 Å². The van der Waals surface area contributed by atoms with Crippen molar-refractivity contribution >= 4 is 24.0 Å². The van der Waals surface area contributed by atoms with E-state index in [4.69, 9.17) is 9.47 Å². The first-order chi connectivity index (χ1) is 12.6. The highest BCUT2D eigenvalue weighted by atomic mass is 35.5. The van der Waals surface area contributed by atoms with Gasteiger partial charge in [-0.25, -0.2) is 0 Å². The molecule has 1 saturated heterocycles. The number of halogens is 1. The molecule has 0 bridgehead atoms. The van der Waals surface area contributed by atoms with Crippen LogP contribution in [0.5, 0.6) is 0 Å². The van der Waals surface area contributed by atoms with Gasteiger partial charge in [-0.2, -0.15) is 0 Å². The third kappa shape index (κ3) is 5.67. The topological polar surface area (TPSA) is 59.6 Å². The summed E-state index contributed by atoms with van der Waals surface area (Å²) in [6, 6.07) is 7.97. The molecule has 1 saturated carbocycles. The molecular formula is C21H33ClN2O3. The van der Waals surface area contributed by atoms with Gasteiger partial charge in [0.1, 0.15) is 0 Å². The summed E-state index contributed by atoms with van der Waals surface area (Å²) in [7, 11) is 0. The Balaban J connectivity index is 0.00000261. The van der Waals surface area contributed by atoms with Crippen molar-refractivity contribution in [1.82, 2.24) is 5.32 Å². The summed E-state index contributed by atoms with van der Waals surface area (Å²) in [5.74, 6) is 0.652. The van der Waals surface area contributed by atoms with Crippen LogP contribution < -0.4 is 10.6 Å². The third-order valence-electron chi connectivity index (χ3n) is 5.62. The summed E-state index contributed by atoms with van der Waals surface area (Å²) in [6.07, 6.45) is 4.78. The molecule has 2 fully saturated rings. The summed E-state index contributed by atoms with van der Waals surface area (Å²) in [5, 5.41) is 6.61. The van der Waals surface area contributed by atoms with Gasteiger partial charge in [0.05, 0.1) is 31.3 Å². The van der Waals surface area contributed by atoms with Crippen molar-refractivity contribution in [3.05, 3.63) is 29.8 Å². The van der Waals surface area contributed by atoms with Crippen LogP contribution in [0.4, 0.5) is 5.69 Å². The maximum Gasteiger partial charge on any atom is 0.232 e.